The van der Waals surface area contributed by atoms with Crippen LogP contribution in [-0.2, 0) is 30.8 Å². The summed E-state index contributed by atoms with van der Waals surface area (Å²) in [4.78, 5) is 69.0. The summed E-state index contributed by atoms with van der Waals surface area (Å²) in [6.45, 7) is 11.4. The van der Waals surface area contributed by atoms with E-state index < -0.39 is 29.6 Å². The van der Waals surface area contributed by atoms with Crippen molar-refractivity contribution in [2.75, 3.05) is 56.3 Å². The van der Waals surface area contributed by atoms with E-state index in [9.17, 15) is 29.4 Å². The zero-order valence-corrected chi connectivity index (χ0v) is 37.0. The number of rotatable bonds is 18. The minimum Gasteiger partial charge on any atom is -0.491 e. The number of carboxylic acids is 2. The molecule has 2 amide bonds. The van der Waals surface area contributed by atoms with Gasteiger partial charge in [-0.25, -0.2) is 28.9 Å². The lowest BCUT2D eigenvalue weighted by atomic mass is 10.2. The van der Waals surface area contributed by atoms with Crippen molar-refractivity contribution in [1.82, 2.24) is 38.8 Å². The summed E-state index contributed by atoms with van der Waals surface area (Å²) < 4.78 is 31.6. The molecule has 0 unspecified atom stereocenters. The summed E-state index contributed by atoms with van der Waals surface area (Å²) in [7, 11) is 0. The minimum atomic E-state index is -1.17. The minimum absolute atomic E-state index is 0.00179. The number of fused-ring (bicyclic) bond motifs is 2. The fourth-order valence-corrected chi connectivity index (χ4v) is 8.94. The van der Waals surface area contributed by atoms with Crippen molar-refractivity contribution in [3.05, 3.63) is 80.3 Å². The van der Waals surface area contributed by atoms with Crippen molar-refractivity contribution in [2.45, 2.75) is 65.1 Å². The molecule has 332 valence electrons. The Labute approximate surface area is 369 Å². The molecule has 0 saturated carbocycles. The number of nitrogens with one attached hydrogen (secondary N) is 2. The van der Waals surface area contributed by atoms with Crippen LogP contribution in [-0.4, -0.2) is 118 Å². The molecule has 1 fully saturated rings. The summed E-state index contributed by atoms with van der Waals surface area (Å²) in [6.07, 6.45) is 6.58. The molecule has 7 rings (SSSR count). The molecule has 0 aliphatic carbocycles. The number of aromatic nitrogens is 7. The topological polar surface area (TPSA) is 221 Å². The second-order valence-electron chi connectivity index (χ2n) is 14.6. The first kappa shape index (κ1) is 44.9. The third kappa shape index (κ3) is 9.60. The maximum Gasteiger partial charge on any atom is 0.335 e. The van der Waals surface area contributed by atoms with Crippen LogP contribution in [0.15, 0.2) is 41.3 Å². The van der Waals surface area contributed by atoms with E-state index in [1.165, 1.54) is 59.0 Å². The van der Waals surface area contributed by atoms with Gasteiger partial charge in [-0.3, -0.25) is 29.8 Å². The molecule has 0 radical (unpaired) electrons. The van der Waals surface area contributed by atoms with E-state index in [2.05, 4.69) is 30.6 Å². The Morgan fingerprint density at radius 1 is 0.905 bits per heavy atom. The highest BCUT2D eigenvalue weighted by atomic mass is 32.2. The van der Waals surface area contributed by atoms with Gasteiger partial charge in [0, 0.05) is 44.2 Å². The number of imidazole rings is 2. The van der Waals surface area contributed by atoms with E-state index in [1.54, 1.807) is 34.5 Å². The van der Waals surface area contributed by atoms with Gasteiger partial charge in [0.1, 0.15) is 16.1 Å². The van der Waals surface area contributed by atoms with Gasteiger partial charge < -0.3 is 28.8 Å². The van der Waals surface area contributed by atoms with Crippen molar-refractivity contribution >= 4 is 80.8 Å². The van der Waals surface area contributed by atoms with E-state index in [0.29, 0.717) is 58.1 Å². The fraction of sp³-hybridized carbons (Fsp3) is 0.381. The van der Waals surface area contributed by atoms with Crippen LogP contribution in [0.4, 0.5) is 16.3 Å². The Kier molecular flexibility index (Phi) is 13.9. The Bertz CT molecular complexity index is 2750. The molecule has 0 spiro atoms. The molecule has 1 saturated heterocycles. The molecule has 1 aliphatic heterocycles. The standard InChI is InChI=1S/C42H47FN10O8S2/c1-6-27-36(63-24(4)44-27)38(55)48-42-45-28-19-25(39(56)57)21-30(61-16-10-11-50-14-17-60-18-15-50)33(28)51(42)12-8-9-13-52-34-29(20-26(40(58)59)22-31(34)62-5)46-41(52)47-37(54)35-32(43)23(3)49-53(35)7-2/h8-9,19-22H,6-7,10-18H2,1-5H3,(H,56,57)(H,58,59)(H,45,48,55)(H,46,47,54). The van der Waals surface area contributed by atoms with Crippen molar-refractivity contribution in [3.63, 3.8) is 0 Å². The lowest BCUT2D eigenvalue weighted by molar-refractivity contribution is 0.0358. The van der Waals surface area contributed by atoms with Crippen LogP contribution in [0.2, 0.25) is 0 Å². The van der Waals surface area contributed by atoms with E-state index in [1.807, 2.05) is 13.8 Å². The molecule has 2 aromatic carbocycles. The van der Waals surface area contributed by atoms with Gasteiger partial charge in [-0.1, -0.05) is 19.1 Å². The Hall–Kier alpha value is -6.16. The zero-order valence-electron chi connectivity index (χ0n) is 35.4. The molecular weight excluding hydrogens is 856 g/mol. The second-order valence-corrected chi connectivity index (χ2v) is 16.6. The number of hydrogen-bond acceptors (Lipinski definition) is 13. The molecule has 6 aromatic rings. The molecule has 0 atom stereocenters. The lowest BCUT2D eigenvalue weighted by Gasteiger charge is -2.26. The summed E-state index contributed by atoms with van der Waals surface area (Å²) in [5, 5.41) is 30.4. The van der Waals surface area contributed by atoms with Crippen molar-refractivity contribution in [1.29, 1.82) is 0 Å². The first-order valence-corrected chi connectivity index (χ1v) is 22.3. The zero-order chi connectivity index (χ0) is 44.9. The average molecular weight is 903 g/mol. The van der Waals surface area contributed by atoms with E-state index in [0.717, 1.165) is 24.6 Å². The van der Waals surface area contributed by atoms with Crippen LogP contribution in [0.5, 0.6) is 5.75 Å². The maximum atomic E-state index is 15.2. The van der Waals surface area contributed by atoms with Crippen molar-refractivity contribution < 1.29 is 43.3 Å². The number of thioether (sulfide) groups is 1. The third-order valence-corrected chi connectivity index (χ3v) is 12.2. The number of carbonyl (C=O) groups is 4. The predicted molar refractivity (Wildman–Crippen MR) is 236 cm³/mol. The number of benzene rings is 2. The summed E-state index contributed by atoms with van der Waals surface area (Å²) in [5.74, 6) is -3.84. The van der Waals surface area contributed by atoms with Crippen LogP contribution in [0.3, 0.4) is 0 Å². The molecular formula is C42H47FN10O8S2. The number of aromatic carboxylic acids is 2. The summed E-state index contributed by atoms with van der Waals surface area (Å²) in [6, 6.07) is 5.81. The van der Waals surface area contributed by atoms with Crippen molar-refractivity contribution in [2.24, 2.45) is 0 Å². The number of allylic oxidation sites excluding steroid dienone is 2. The van der Waals surface area contributed by atoms with Gasteiger partial charge in [-0.05, 0) is 64.1 Å². The van der Waals surface area contributed by atoms with Crippen molar-refractivity contribution in [3.8, 4) is 5.75 Å². The average Bonchev–Trinajstić information content (AvgIpc) is 4.01. The first-order valence-electron chi connectivity index (χ1n) is 20.3. The van der Waals surface area contributed by atoms with Gasteiger partial charge >= 0.3 is 11.9 Å². The highest BCUT2D eigenvalue weighted by molar-refractivity contribution is 7.98. The first-order chi connectivity index (χ1) is 30.3. The number of anilines is 2. The number of carbonyl (C=O) groups excluding carboxylic acids is 2. The number of morpholine rings is 1. The molecule has 21 heteroatoms. The van der Waals surface area contributed by atoms with Gasteiger partial charge in [0.15, 0.2) is 11.5 Å². The maximum absolute atomic E-state index is 15.2. The predicted octanol–water partition coefficient (Wildman–Crippen LogP) is 6.36. The Balaban J connectivity index is 1.26. The highest BCUT2D eigenvalue weighted by Crippen LogP contribution is 2.34. The largest absolute Gasteiger partial charge is 0.491 e. The summed E-state index contributed by atoms with van der Waals surface area (Å²) >= 11 is 2.56. The van der Waals surface area contributed by atoms with Gasteiger partial charge in [0.05, 0.1) is 63.9 Å². The van der Waals surface area contributed by atoms with Crippen LogP contribution in [0.1, 0.15) is 77.5 Å². The smallest absolute Gasteiger partial charge is 0.335 e. The summed E-state index contributed by atoms with van der Waals surface area (Å²) in [5.41, 5.74) is 1.97. The number of thiazole rings is 1. The van der Waals surface area contributed by atoms with Gasteiger partial charge in [0.2, 0.25) is 11.9 Å². The number of hydrogen-bond donors (Lipinski definition) is 4. The number of ether oxygens (including phenoxy) is 2. The third-order valence-electron chi connectivity index (χ3n) is 10.4. The normalized spacial score (nSPS) is 13.4. The molecule has 0 bridgehead atoms. The molecule has 5 heterocycles. The highest BCUT2D eigenvalue weighted by Gasteiger charge is 2.26. The Morgan fingerprint density at radius 3 is 2.14 bits per heavy atom. The van der Waals surface area contributed by atoms with Crippen LogP contribution >= 0.6 is 23.1 Å². The van der Waals surface area contributed by atoms with E-state index in [-0.39, 0.29) is 71.9 Å². The van der Waals surface area contributed by atoms with Gasteiger partial charge in [0.25, 0.3) is 11.8 Å². The molecule has 18 nitrogen and oxygen atoms in total. The SMILES string of the molecule is CCc1nc(C)sc1C(=O)Nc1nc2cc(C(=O)O)cc(OCCCN3CCOCC3)c2n1CC=CCn1c(NC(=O)c2c(F)c(C)nn2CC)nc2cc(C(=O)O)cc(SC)c21. The molecule has 4 aromatic heterocycles. The second kappa shape index (κ2) is 19.5. The van der Waals surface area contributed by atoms with E-state index in [4.69, 9.17) is 14.5 Å². The number of carboxylic acid groups (broad SMARTS) is 2. The monoisotopic (exact) mass is 902 g/mol. The molecule has 1 aliphatic rings. The van der Waals surface area contributed by atoms with Crippen LogP contribution < -0.4 is 15.4 Å². The quantitative estimate of drug-likeness (QED) is 0.0419. The fourth-order valence-electron chi connectivity index (χ4n) is 7.39. The lowest BCUT2D eigenvalue weighted by Crippen LogP contribution is -2.37. The van der Waals surface area contributed by atoms with E-state index >= 15 is 4.39 Å². The number of amides is 2. The molecule has 4 N–H and O–H groups in total. The van der Waals surface area contributed by atoms with Crippen LogP contribution in [0.25, 0.3) is 22.1 Å². The van der Waals surface area contributed by atoms with Crippen LogP contribution in [0, 0.1) is 19.7 Å². The Morgan fingerprint density at radius 2 is 1.52 bits per heavy atom. The number of nitrogens with zero attached hydrogens (tertiary/aromatic N) is 8. The van der Waals surface area contributed by atoms with Gasteiger partial charge in [-0.2, -0.15) is 5.10 Å². The number of aryl methyl sites for hydroxylation is 4. The molecule has 63 heavy (non-hydrogen) atoms. The van der Waals surface area contributed by atoms with Gasteiger partial charge in [-0.15, -0.1) is 23.1 Å². The number of halogens is 1.